The van der Waals surface area contributed by atoms with Crippen molar-refractivity contribution in [3.8, 4) is 11.4 Å². The predicted octanol–water partition coefficient (Wildman–Crippen LogP) is 2.30. The molecule has 2 heterocycles. The number of amides is 1. The average Bonchev–Trinajstić information content (AvgIpc) is 3.23. The molecule has 0 aliphatic heterocycles. The predicted molar refractivity (Wildman–Crippen MR) is 113 cm³/mol. The summed E-state index contributed by atoms with van der Waals surface area (Å²) in [5, 5.41) is 7.56. The van der Waals surface area contributed by atoms with Crippen LogP contribution in [0.2, 0.25) is 0 Å². The first-order valence-electron chi connectivity index (χ1n) is 9.54. The number of hydrogen-bond acceptors (Lipinski definition) is 5. The summed E-state index contributed by atoms with van der Waals surface area (Å²) in [5.74, 6) is 0.562. The van der Waals surface area contributed by atoms with E-state index in [2.05, 4.69) is 15.4 Å². The number of nitrogens with zero attached hydrogens (tertiary/aromatic N) is 4. The van der Waals surface area contributed by atoms with Crippen molar-refractivity contribution in [2.75, 3.05) is 7.11 Å². The Bertz CT molecular complexity index is 1230. The molecule has 2 aromatic carbocycles. The Morgan fingerprint density at radius 2 is 1.87 bits per heavy atom. The minimum Gasteiger partial charge on any atom is -0.496 e. The Morgan fingerprint density at radius 3 is 2.67 bits per heavy atom. The number of rotatable bonds is 7. The maximum Gasteiger partial charge on any atom is 0.264 e. The van der Waals surface area contributed by atoms with E-state index >= 15 is 0 Å². The molecule has 8 nitrogen and oxygen atoms in total. The molecule has 0 aliphatic rings. The number of aromatic nitrogens is 4. The average molecular weight is 403 g/mol. The maximum atomic E-state index is 12.8. The molecular formula is C22H21N5O3. The molecule has 30 heavy (non-hydrogen) atoms. The van der Waals surface area contributed by atoms with Crippen LogP contribution in [0, 0.1) is 0 Å². The van der Waals surface area contributed by atoms with Gasteiger partial charge in [-0.05, 0) is 18.2 Å². The van der Waals surface area contributed by atoms with Gasteiger partial charge in [0.25, 0.3) is 5.56 Å². The Labute approximate surface area is 172 Å². The molecule has 0 unspecified atom stereocenters. The van der Waals surface area contributed by atoms with E-state index in [4.69, 9.17) is 4.74 Å². The van der Waals surface area contributed by atoms with Crippen molar-refractivity contribution in [2.45, 2.75) is 19.5 Å². The summed E-state index contributed by atoms with van der Waals surface area (Å²) < 4.78 is 8.34. The molecular weight excluding hydrogens is 382 g/mol. The van der Waals surface area contributed by atoms with Crippen LogP contribution in [-0.2, 0) is 17.9 Å². The number of methoxy groups -OCH3 is 1. The van der Waals surface area contributed by atoms with E-state index in [0.717, 1.165) is 17.0 Å². The Hall–Kier alpha value is -3.94. The highest BCUT2D eigenvalue weighted by Gasteiger charge is 2.12. The normalized spacial score (nSPS) is 10.8. The fourth-order valence-corrected chi connectivity index (χ4v) is 3.22. The van der Waals surface area contributed by atoms with E-state index < -0.39 is 0 Å². The summed E-state index contributed by atoms with van der Waals surface area (Å²) in [6.45, 7) is 0.592. The van der Waals surface area contributed by atoms with Crippen molar-refractivity contribution in [1.29, 1.82) is 0 Å². The molecule has 0 saturated heterocycles. The van der Waals surface area contributed by atoms with Gasteiger partial charge in [0.05, 0.1) is 25.3 Å². The molecule has 4 aromatic rings. The van der Waals surface area contributed by atoms with Crippen LogP contribution in [0.4, 0.5) is 0 Å². The number of aryl methyl sites for hydroxylation is 1. The summed E-state index contributed by atoms with van der Waals surface area (Å²) in [6.07, 6.45) is 3.13. The third kappa shape index (κ3) is 3.93. The highest BCUT2D eigenvalue weighted by atomic mass is 16.5. The highest BCUT2D eigenvalue weighted by Crippen LogP contribution is 2.16. The van der Waals surface area contributed by atoms with Crippen LogP contribution in [0.5, 0.6) is 5.75 Å². The summed E-state index contributed by atoms with van der Waals surface area (Å²) in [5.41, 5.74) is 1.98. The SMILES string of the molecule is COc1ccccc1CNC(=O)CCn1cnc2c(cnn2-c2ccccc2)c1=O. The number of carbonyl (C=O) groups is 1. The number of nitrogens with one attached hydrogen (secondary N) is 1. The van der Waals surface area contributed by atoms with Gasteiger partial charge in [-0.2, -0.15) is 5.10 Å². The van der Waals surface area contributed by atoms with Crippen LogP contribution in [0.3, 0.4) is 0 Å². The van der Waals surface area contributed by atoms with Crippen LogP contribution in [-0.4, -0.2) is 32.3 Å². The third-order valence-electron chi connectivity index (χ3n) is 4.80. The van der Waals surface area contributed by atoms with Gasteiger partial charge in [0.15, 0.2) is 5.65 Å². The van der Waals surface area contributed by atoms with Gasteiger partial charge in [0.2, 0.25) is 5.91 Å². The summed E-state index contributed by atoms with van der Waals surface area (Å²) >= 11 is 0. The van der Waals surface area contributed by atoms with E-state index in [1.165, 1.54) is 17.1 Å². The highest BCUT2D eigenvalue weighted by molar-refractivity contribution is 5.76. The molecule has 0 bridgehead atoms. The molecule has 8 heteroatoms. The number of fused-ring (bicyclic) bond motifs is 1. The molecule has 0 fully saturated rings. The van der Waals surface area contributed by atoms with Gasteiger partial charge in [-0.1, -0.05) is 36.4 Å². The van der Waals surface area contributed by atoms with Gasteiger partial charge in [-0.15, -0.1) is 0 Å². The fraction of sp³-hybridized carbons (Fsp3) is 0.182. The lowest BCUT2D eigenvalue weighted by Gasteiger charge is -2.10. The lowest BCUT2D eigenvalue weighted by Crippen LogP contribution is -2.27. The smallest absolute Gasteiger partial charge is 0.264 e. The van der Waals surface area contributed by atoms with Crippen molar-refractivity contribution in [2.24, 2.45) is 0 Å². The summed E-state index contributed by atoms with van der Waals surface area (Å²) in [6, 6.07) is 17.0. The lowest BCUT2D eigenvalue weighted by atomic mass is 10.2. The zero-order chi connectivity index (χ0) is 20.9. The largest absolute Gasteiger partial charge is 0.496 e. The van der Waals surface area contributed by atoms with E-state index in [1.807, 2.05) is 54.6 Å². The molecule has 2 aromatic heterocycles. The number of ether oxygens (including phenoxy) is 1. The van der Waals surface area contributed by atoms with Gasteiger partial charge in [-0.25, -0.2) is 9.67 Å². The van der Waals surface area contributed by atoms with E-state index in [-0.39, 0.29) is 24.4 Å². The Balaban J connectivity index is 1.44. The van der Waals surface area contributed by atoms with Crippen LogP contribution >= 0.6 is 0 Å². The lowest BCUT2D eigenvalue weighted by molar-refractivity contribution is -0.121. The van der Waals surface area contributed by atoms with Gasteiger partial charge in [0.1, 0.15) is 11.1 Å². The first kappa shape index (κ1) is 19.4. The van der Waals surface area contributed by atoms with Crippen LogP contribution in [0.1, 0.15) is 12.0 Å². The number of hydrogen-bond donors (Lipinski definition) is 1. The standard InChI is InChI=1S/C22H21N5O3/c1-30-19-10-6-5-7-16(19)13-23-20(28)11-12-26-15-24-21-18(22(26)29)14-25-27(21)17-8-3-2-4-9-17/h2-10,14-15H,11-13H2,1H3,(H,23,28). The summed E-state index contributed by atoms with van der Waals surface area (Å²) in [7, 11) is 1.59. The van der Waals surface area contributed by atoms with E-state index in [0.29, 0.717) is 17.6 Å². The second-order valence-corrected chi connectivity index (χ2v) is 6.71. The van der Waals surface area contributed by atoms with Crippen LogP contribution < -0.4 is 15.6 Å². The number of benzene rings is 2. The van der Waals surface area contributed by atoms with Gasteiger partial charge in [-0.3, -0.25) is 14.2 Å². The van der Waals surface area contributed by atoms with Crippen molar-refractivity contribution in [3.05, 3.63) is 83.0 Å². The molecule has 0 saturated carbocycles. The molecule has 4 rings (SSSR count). The molecule has 1 amide bonds. The minimum atomic E-state index is -0.222. The van der Waals surface area contributed by atoms with Crippen molar-refractivity contribution >= 4 is 16.9 Å². The fourth-order valence-electron chi connectivity index (χ4n) is 3.22. The maximum absolute atomic E-state index is 12.8. The molecule has 0 aliphatic carbocycles. The first-order chi connectivity index (χ1) is 14.7. The van der Waals surface area contributed by atoms with E-state index in [9.17, 15) is 9.59 Å². The van der Waals surface area contributed by atoms with Gasteiger partial charge in [0, 0.05) is 25.1 Å². The molecule has 152 valence electrons. The minimum absolute atomic E-state index is 0.159. The van der Waals surface area contributed by atoms with Crippen LogP contribution in [0.25, 0.3) is 16.7 Å². The second kappa shape index (κ2) is 8.60. The van der Waals surface area contributed by atoms with Crippen molar-refractivity contribution < 1.29 is 9.53 Å². The summed E-state index contributed by atoms with van der Waals surface area (Å²) in [4.78, 5) is 29.4. The molecule has 0 radical (unpaired) electrons. The van der Waals surface area contributed by atoms with Crippen LogP contribution in [0.15, 0.2) is 71.9 Å². The monoisotopic (exact) mass is 403 g/mol. The number of carbonyl (C=O) groups excluding carboxylic acids is 1. The van der Waals surface area contributed by atoms with Crippen molar-refractivity contribution in [3.63, 3.8) is 0 Å². The molecule has 0 spiro atoms. The topological polar surface area (TPSA) is 91.0 Å². The third-order valence-corrected chi connectivity index (χ3v) is 4.80. The number of para-hydroxylation sites is 2. The first-order valence-corrected chi connectivity index (χ1v) is 9.54. The van der Waals surface area contributed by atoms with Gasteiger partial charge >= 0.3 is 0 Å². The molecule has 0 atom stereocenters. The van der Waals surface area contributed by atoms with E-state index in [1.54, 1.807) is 11.8 Å². The Morgan fingerprint density at radius 1 is 1.10 bits per heavy atom. The molecule has 1 N–H and O–H groups in total. The zero-order valence-electron chi connectivity index (χ0n) is 16.5. The van der Waals surface area contributed by atoms with Gasteiger partial charge < -0.3 is 10.1 Å². The quantitative estimate of drug-likeness (QED) is 0.511. The van der Waals surface area contributed by atoms with Crippen molar-refractivity contribution in [1.82, 2.24) is 24.6 Å². The second-order valence-electron chi connectivity index (χ2n) is 6.71. The Kier molecular flexibility index (Phi) is 5.56. The zero-order valence-corrected chi connectivity index (χ0v) is 16.5.